The number of anilines is 1. The second-order valence-electron chi connectivity index (χ2n) is 6.69. The van der Waals surface area contributed by atoms with Gasteiger partial charge >= 0.3 is 6.18 Å². The molecule has 0 aliphatic heterocycles. The fraction of sp³-hybridized carbons (Fsp3) is 0.211. The third kappa shape index (κ3) is 7.37. The van der Waals surface area contributed by atoms with E-state index < -0.39 is 51.2 Å². The lowest BCUT2D eigenvalue weighted by Crippen LogP contribution is -2.23. The molecule has 0 heterocycles. The van der Waals surface area contributed by atoms with Gasteiger partial charge in [-0.3, -0.25) is 29.8 Å². The molecule has 11 nitrogen and oxygen atoms in total. The molecule has 0 saturated heterocycles. The van der Waals surface area contributed by atoms with Gasteiger partial charge in [-0.15, -0.1) is 0 Å². The molecule has 33 heavy (non-hydrogen) atoms. The largest absolute Gasteiger partial charge is 0.416 e. The molecule has 0 radical (unpaired) electrons. The van der Waals surface area contributed by atoms with Crippen molar-refractivity contribution < 1.29 is 32.6 Å². The summed E-state index contributed by atoms with van der Waals surface area (Å²) in [6.45, 7) is 1.38. The predicted molar refractivity (Wildman–Crippen MR) is 109 cm³/mol. The van der Waals surface area contributed by atoms with Crippen molar-refractivity contribution in [1.29, 1.82) is 0 Å². The number of halogens is 3. The number of non-ortho nitro benzene ring substituents is 1. The molecule has 14 heteroatoms. The molecule has 0 aliphatic rings. The summed E-state index contributed by atoms with van der Waals surface area (Å²) in [4.78, 5) is 44.2. The Bertz CT molecular complexity index is 1130. The fourth-order valence-electron chi connectivity index (χ4n) is 2.61. The molecule has 0 fully saturated rings. The molecule has 2 aromatic rings. The smallest absolute Gasteiger partial charge is 0.326 e. The van der Waals surface area contributed by atoms with E-state index in [0.29, 0.717) is 0 Å². The van der Waals surface area contributed by atoms with E-state index in [1.807, 2.05) is 0 Å². The summed E-state index contributed by atoms with van der Waals surface area (Å²) in [7, 11) is 0. The quantitative estimate of drug-likeness (QED) is 0.343. The lowest BCUT2D eigenvalue weighted by Gasteiger charge is -2.10. The summed E-state index contributed by atoms with van der Waals surface area (Å²) in [5.74, 6) is -1.47. The average Bonchev–Trinajstić information content (AvgIpc) is 2.71. The molecule has 0 aromatic heterocycles. The number of amides is 2. The second-order valence-corrected chi connectivity index (χ2v) is 6.69. The first-order valence-corrected chi connectivity index (χ1v) is 9.07. The number of carbonyl (C=O) groups excluding carboxylic acids is 2. The number of alkyl halides is 3. The summed E-state index contributed by atoms with van der Waals surface area (Å²) in [5, 5.41) is 27.8. The summed E-state index contributed by atoms with van der Waals surface area (Å²) < 4.78 is 38.2. The number of carbonyl (C=O) groups is 2. The highest BCUT2D eigenvalue weighted by molar-refractivity contribution is 6.05. The van der Waals surface area contributed by atoms with Crippen LogP contribution in [-0.2, 0) is 22.2 Å². The van der Waals surface area contributed by atoms with Crippen LogP contribution in [0.15, 0.2) is 47.6 Å². The zero-order chi connectivity index (χ0) is 24.8. The Hall–Kier alpha value is -4.36. The average molecular weight is 467 g/mol. The molecule has 0 aliphatic carbocycles. The molecule has 0 spiro atoms. The highest BCUT2D eigenvalue weighted by atomic mass is 19.4. The Kier molecular flexibility index (Phi) is 7.77. The maximum Gasteiger partial charge on any atom is 0.416 e. The van der Waals surface area contributed by atoms with Crippen molar-refractivity contribution in [3.8, 4) is 0 Å². The molecule has 0 atom stereocenters. The van der Waals surface area contributed by atoms with Gasteiger partial charge in [-0.2, -0.15) is 18.3 Å². The van der Waals surface area contributed by atoms with Gasteiger partial charge in [0.1, 0.15) is 0 Å². The molecule has 2 amide bonds. The molecule has 2 rings (SSSR count). The van der Waals surface area contributed by atoms with E-state index >= 15 is 0 Å². The third-order valence-electron chi connectivity index (χ3n) is 4.09. The number of hydrazone groups is 1. The van der Waals surface area contributed by atoms with Gasteiger partial charge in [-0.05, 0) is 31.2 Å². The standard InChI is InChI=1S/C19H16F3N5O6/c1-11(7-17(28)23-14-4-2-3-13(9-14)19(20,21)22)24-25-18(29)8-12-5-6-15(26(30)31)10-16(12)27(32)33/h2-6,9-10H,7-8H2,1H3,(H,23,28)(H,25,29)/b24-11-. The van der Waals surface area contributed by atoms with E-state index in [0.717, 1.165) is 36.4 Å². The summed E-state index contributed by atoms with van der Waals surface area (Å²) >= 11 is 0. The molecule has 0 unspecified atom stereocenters. The Labute approximate surface area is 183 Å². The van der Waals surface area contributed by atoms with Gasteiger partial charge in [-0.1, -0.05) is 6.07 Å². The first kappa shape index (κ1) is 24.9. The fourth-order valence-corrected chi connectivity index (χ4v) is 2.61. The van der Waals surface area contributed by atoms with Crippen LogP contribution in [0.25, 0.3) is 0 Å². The van der Waals surface area contributed by atoms with Crippen molar-refractivity contribution in [3.05, 3.63) is 73.8 Å². The molecule has 174 valence electrons. The van der Waals surface area contributed by atoms with Gasteiger partial charge in [0.05, 0.1) is 34.3 Å². The van der Waals surface area contributed by atoms with E-state index in [-0.39, 0.29) is 23.4 Å². The van der Waals surface area contributed by atoms with E-state index in [4.69, 9.17) is 0 Å². The van der Waals surface area contributed by atoms with Crippen molar-refractivity contribution >= 4 is 34.6 Å². The van der Waals surface area contributed by atoms with Crippen molar-refractivity contribution in [2.24, 2.45) is 5.10 Å². The van der Waals surface area contributed by atoms with Crippen LogP contribution in [0.2, 0.25) is 0 Å². The minimum Gasteiger partial charge on any atom is -0.326 e. The van der Waals surface area contributed by atoms with E-state index in [9.17, 15) is 43.0 Å². The van der Waals surface area contributed by atoms with Gasteiger partial charge < -0.3 is 5.32 Å². The molecular weight excluding hydrogens is 451 g/mol. The van der Waals surface area contributed by atoms with Crippen molar-refractivity contribution in [2.45, 2.75) is 25.9 Å². The zero-order valence-electron chi connectivity index (χ0n) is 16.9. The molecule has 2 N–H and O–H groups in total. The minimum atomic E-state index is -4.57. The van der Waals surface area contributed by atoms with Crippen LogP contribution in [0.3, 0.4) is 0 Å². The topological polar surface area (TPSA) is 157 Å². The number of benzene rings is 2. The normalized spacial score (nSPS) is 11.6. The van der Waals surface area contributed by atoms with Crippen LogP contribution < -0.4 is 10.7 Å². The third-order valence-corrected chi connectivity index (χ3v) is 4.09. The number of nitro groups is 2. The lowest BCUT2D eigenvalue weighted by atomic mass is 10.1. The number of nitrogens with one attached hydrogen (secondary N) is 2. The number of rotatable bonds is 8. The lowest BCUT2D eigenvalue weighted by molar-refractivity contribution is -0.394. The summed E-state index contributed by atoms with van der Waals surface area (Å²) in [6.07, 6.45) is -5.43. The molecular formula is C19H16F3N5O6. The highest BCUT2D eigenvalue weighted by Crippen LogP contribution is 2.30. The van der Waals surface area contributed by atoms with Crippen LogP contribution in [-0.4, -0.2) is 27.4 Å². The van der Waals surface area contributed by atoms with E-state index in [1.165, 1.54) is 13.0 Å². The second kappa shape index (κ2) is 10.3. The van der Waals surface area contributed by atoms with Crippen LogP contribution in [0.4, 0.5) is 30.2 Å². The first-order valence-electron chi connectivity index (χ1n) is 9.07. The Morgan fingerprint density at radius 2 is 1.73 bits per heavy atom. The van der Waals surface area contributed by atoms with Crippen LogP contribution in [0.1, 0.15) is 24.5 Å². The first-order chi connectivity index (χ1) is 15.4. The number of nitro benzene ring substituents is 2. The van der Waals surface area contributed by atoms with Gasteiger partial charge in [0.25, 0.3) is 11.4 Å². The highest BCUT2D eigenvalue weighted by Gasteiger charge is 2.30. The number of hydrogen-bond acceptors (Lipinski definition) is 7. The Morgan fingerprint density at radius 3 is 2.33 bits per heavy atom. The molecule has 0 saturated carbocycles. The molecule has 0 bridgehead atoms. The zero-order valence-corrected chi connectivity index (χ0v) is 16.9. The Morgan fingerprint density at radius 1 is 1.03 bits per heavy atom. The maximum absolute atomic E-state index is 12.7. The summed E-state index contributed by atoms with van der Waals surface area (Å²) in [5.41, 5.74) is -0.00842. The van der Waals surface area contributed by atoms with Gasteiger partial charge in [0.15, 0.2) is 0 Å². The van der Waals surface area contributed by atoms with E-state index in [1.54, 1.807) is 0 Å². The predicted octanol–water partition coefficient (Wildman–Crippen LogP) is 3.59. The minimum absolute atomic E-state index is 0.0721. The van der Waals surface area contributed by atoms with Crippen LogP contribution in [0.5, 0.6) is 0 Å². The van der Waals surface area contributed by atoms with Gasteiger partial charge in [0, 0.05) is 23.0 Å². The van der Waals surface area contributed by atoms with Crippen molar-refractivity contribution in [3.63, 3.8) is 0 Å². The monoisotopic (exact) mass is 467 g/mol. The Balaban J connectivity index is 1.97. The van der Waals surface area contributed by atoms with Crippen LogP contribution in [0, 0.1) is 20.2 Å². The maximum atomic E-state index is 12.7. The van der Waals surface area contributed by atoms with Crippen molar-refractivity contribution in [1.82, 2.24) is 5.43 Å². The van der Waals surface area contributed by atoms with E-state index in [2.05, 4.69) is 15.8 Å². The molecule has 2 aromatic carbocycles. The SMILES string of the molecule is C/C(CC(=O)Nc1cccc(C(F)(F)F)c1)=N/NC(=O)Cc1ccc([N+](=O)[O-])cc1[N+](=O)[O-]. The van der Waals surface area contributed by atoms with Gasteiger partial charge in [0.2, 0.25) is 11.8 Å². The summed E-state index contributed by atoms with van der Waals surface area (Å²) in [6, 6.07) is 6.86. The number of nitrogens with zero attached hydrogens (tertiary/aromatic N) is 3. The van der Waals surface area contributed by atoms with Gasteiger partial charge in [-0.25, -0.2) is 5.43 Å². The van der Waals surface area contributed by atoms with Crippen molar-refractivity contribution in [2.75, 3.05) is 5.32 Å². The number of hydrogen-bond donors (Lipinski definition) is 2. The van der Waals surface area contributed by atoms with Crippen LogP contribution >= 0.6 is 0 Å².